The summed E-state index contributed by atoms with van der Waals surface area (Å²) in [6.45, 7) is 1.16. The van der Waals surface area contributed by atoms with Crippen LogP contribution in [0.2, 0.25) is 0 Å². The Bertz CT molecular complexity index is 917. The predicted molar refractivity (Wildman–Crippen MR) is 113 cm³/mol. The van der Waals surface area contributed by atoms with Crippen molar-refractivity contribution >= 4 is 49.7 Å². The first-order valence-corrected chi connectivity index (χ1v) is 10.5. The first-order chi connectivity index (χ1) is 13.5. The molecule has 8 heteroatoms. The molecule has 0 saturated heterocycles. The number of rotatable bonds is 7. The molecule has 6 nitrogen and oxygen atoms in total. The number of imide groups is 1. The molecule has 146 valence electrons. The van der Waals surface area contributed by atoms with E-state index in [0.29, 0.717) is 30.6 Å². The van der Waals surface area contributed by atoms with E-state index < -0.39 is 0 Å². The second kappa shape index (κ2) is 9.34. The fraction of sp³-hybridized carbons (Fsp3) is 0.250. The number of urea groups is 1. The van der Waals surface area contributed by atoms with Crippen molar-refractivity contribution in [3.63, 3.8) is 0 Å². The van der Waals surface area contributed by atoms with Gasteiger partial charge in [0.15, 0.2) is 0 Å². The van der Waals surface area contributed by atoms with Gasteiger partial charge in [-0.25, -0.2) is 4.79 Å². The van der Waals surface area contributed by atoms with Crippen molar-refractivity contribution < 1.29 is 14.4 Å². The minimum atomic E-state index is -0.292. The molecule has 0 unspecified atom stereocenters. The molecule has 0 bridgehead atoms. The third-order valence-corrected chi connectivity index (χ3v) is 5.35. The zero-order valence-electron chi connectivity index (χ0n) is 15.0. The van der Waals surface area contributed by atoms with Crippen molar-refractivity contribution in [1.82, 2.24) is 15.5 Å². The van der Waals surface area contributed by atoms with E-state index in [4.69, 9.17) is 0 Å². The largest absolute Gasteiger partial charge is 0.338 e. The van der Waals surface area contributed by atoms with Gasteiger partial charge in [-0.1, -0.05) is 44.0 Å². The number of amides is 4. The summed E-state index contributed by atoms with van der Waals surface area (Å²) >= 11 is 6.73. The van der Waals surface area contributed by atoms with Gasteiger partial charge in [-0.05, 0) is 48.7 Å². The Hall–Kier alpha value is -2.19. The van der Waals surface area contributed by atoms with E-state index in [1.165, 1.54) is 4.90 Å². The molecule has 1 aliphatic heterocycles. The molecule has 1 heterocycles. The maximum atomic E-state index is 12.4. The highest BCUT2D eigenvalue weighted by molar-refractivity contribution is 9.10. The molecule has 0 spiro atoms. The molecule has 0 aromatic heterocycles. The van der Waals surface area contributed by atoms with Gasteiger partial charge in [-0.15, -0.1) is 0 Å². The zero-order chi connectivity index (χ0) is 20.1. The fourth-order valence-electron chi connectivity index (χ4n) is 2.98. The normalized spacial score (nSPS) is 12.9. The van der Waals surface area contributed by atoms with Crippen molar-refractivity contribution in [3.8, 4) is 0 Å². The number of nitrogens with zero attached hydrogens (tertiary/aromatic N) is 1. The van der Waals surface area contributed by atoms with Crippen molar-refractivity contribution in [2.75, 3.05) is 19.6 Å². The summed E-state index contributed by atoms with van der Waals surface area (Å²) in [5.41, 5.74) is 1.97. The van der Waals surface area contributed by atoms with Crippen molar-refractivity contribution in [1.29, 1.82) is 0 Å². The van der Waals surface area contributed by atoms with Crippen LogP contribution < -0.4 is 10.6 Å². The van der Waals surface area contributed by atoms with E-state index >= 15 is 0 Å². The monoisotopic (exact) mass is 507 g/mol. The number of hydrogen-bond acceptors (Lipinski definition) is 3. The molecule has 28 heavy (non-hydrogen) atoms. The summed E-state index contributed by atoms with van der Waals surface area (Å²) in [4.78, 5) is 37.8. The summed E-state index contributed by atoms with van der Waals surface area (Å²) in [5, 5.41) is 5.55. The van der Waals surface area contributed by atoms with Crippen LogP contribution in [0.4, 0.5) is 4.79 Å². The smallest absolute Gasteiger partial charge is 0.314 e. The van der Waals surface area contributed by atoms with Crippen LogP contribution in [-0.4, -0.2) is 42.4 Å². The average Bonchev–Trinajstić information content (AvgIpc) is 2.89. The van der Waals surface area contributed by atoms with Crippen LogP contribution in [0.15, 0.2) is 51.4 Å². The topological polar surface area (TPSA) is 78.5 Å². The van der Waals surface area contributed by atoms with E-state index in [2.05, 4.69) is 42.5 Å². The average molecular weight is 509 g/mol. The Kier molecular flexibility index (Phi) is 6.85. The molecule has 3 rings (SSSR count). The lowest BCUT2D eigenvalue weighted by atomic mass is 10.1. The molecule has 0 atom stereocenters. The Morgan fingerprint density at radius 3 is 2.39 bits per heavy atom. The molecule has 2 aromatic rings. The summed E-state index contributed by atoms with van der Waals surface area (Å²) in [7, 11) is 0. The molecular weight excluding hydrogens is 490 g/mol. The van der Waals surface area contributed by atoms with Gasteiger partial charge in [0, 0.05) is 28.6 Å². The SMILES string of the molecule is O=C(NCCCN1C(=O)c2ccc(Br)cc2C1=O)NCCc1cccc(Br)c1. The third kappa shape index (κ3) is 4.99. The van der Waals surface area contributed by atoms with Gasteiger partial charge in [-0.2, -0.15) is 0 Å². The van der Waals surface area contributed by atoms with Crippen LogP contribution in [0.25, 0.3) is 0 Å². The van der Waals surface area contributed by atoms with Gasteiger partial charge >= 0.3 is 6.03 Å². The first kappa shape index (κ1) is 20.5. The Balaban J connectivity index is 1.37. The summed E-state index contributed by atoms with van der Waals surface area (Å²) in [6.07, 6.45) is 1.23. The van der Waals surface area contributed by atoms with Crippen LogP contribution in [-0.2, 0) is 6.42 Å². The second-order valence-corrected chi connectivity index (χ2v) is 8.20. The lowest BCUT2D eigenvalue weighted by Crippen LogP contribution is -2.38. The number of halogens is 2. The van der Waals surface area contributed by atoms with E-state index in [1.807, 2.05) is 24.3 Å². The van der Waals surface area contributed by atoms with Gasteiger partial charge in [0.05, 0.1) is 11.1 Å². The predicted octanol–water partition coefficient (Wildman–Crippen LogP) is 3.74. The number of benzene rings is 2. The fourth-order valence-corrected chi connectivity index (χ4v) is 3.79. The molecule has 2 aromatic carbocycles. The van der Waals surface area contributed by atoms with Crippen molar-refractivity contribution in [3.05, 3.63) is 68.1 Å². The Labute approximate surface area is 179 Å². The molecule has 1 aliphatic rings. The Morgan fingerprint density at radius 1 is 0.893 bits per heavy atom. The van der Waals surface area contributed by atoms with Gasteiger partial charge in [-0.3, -0.25) is 14.5 Å². The maximum absolute atomic E-state index is 12.4. The quantitative estimate of drug-likeness (QED) is 0.441. The molecule has 2 N–H and O–H groups in total. The van der Waals surface area contributed by atoms with E-state index in [-0.39, 0.29) is 24.4 Å². The van der Waals surface area contributed by atoms with Gasteiger partial charge < -0.3 is 10.6 Å². The van der Waals surface area contributed by atoms with Crippen LogP contribution >= 0.6 is 31.9 Å². The first-order valence-electron chi connectivity index (χ1n) is 8.87. The van der Waals surface area contributed by atoms with Crippen LogP contribution in [0.1, 0.15) is 32.7 Å². The van der Waals surface area contributed by atoms with Crippen molar-refractivity contribution in [2.24, 2.45) is 0 Å². The molecule has 4 amide bonds. The number of carbonyl (C=O) groups excluding carboxylic acids is 3. The molecule has 0 radical (unpaired) electrons. The molecule has 0 aliphatic carbocycles. The van der Waals surface area contributed by atoms with Gasteiger partial charge in [0.1, 0.15) is 0 Å². The third-order valence-electron chi connectivity index (χ3n) is 4.37. The summed E-state index contributed by atoms with van der Waals surface area (Å²) in [6, 6.07) is 12.7. The molecule has 0 saturated carbocycles. The lowest BCUT2D eigenvalue weighted by molar-refractivity contribution is 0.0653. The number of nitrogens with one attached hydrogen (secondary N) is 2. The second-order valence-electron chi connectivity index (χ2n) is 6.37. The van der Waals surface area contributed by atoms with Crippen LogP contribution in [0.5, 0.6) is 0 Å². The minimum absolute atomic E-state index is 0.263. The minimum Gasteiger partial charge on any atom is -0.338 e. The highest BCUT2D eigenvalue weighted by Gasteiger charge is 2.34. The molecular formula is C20H19Br2N3O3. The van der Waals surface area contributed by atoms with E-state index in [1.54, 1.807) is 18.2 Å². The lowest BCUT2D eigenvalue weighted by Gasteiger charge is -2.14. The zero-order valence-corrected chi connectivity index (χ0v) is 18.2. The van der Waals surface area contributed by atoms with E-state index in [0.717, 1.165) is 20.9 Å². The maximum Gasteiger partial charge on any atom is 0.314 e. The molecule has 0 fully saturated rings. The summed E-state index contributed by atoms with van der Waals surface area (Å²) in [5.74, 6) is -0.578. The number of hydrogen-bond donors (Lipinski definition) is 2. The number of carbonyl (C=O) groups is 3. The van der Waals surface area contributed by atoms with E-state index in [9.17, 15) is 14.4 Å². The van der Waals surface area contributed by atoms with Gasteiger partial charge in [0.2, 0.25) is 0 Å². The van der Waals surface area contributed by atoms with Crippen LogP contribution in [0.3, 0.4) is 0 Å². The standard InChI is InChI=1S/C20H19Br2N3O3/c21-14-4-1-3-13(11-14)7-9-24-20(28)23-8-2-10-25-18(26)16-6-5-15(22)12-17(16)19(25)27/h1,3-6,11-12H,2,7-10H2,(H2,23,24,28). The number of fused-ring (bicyclic) bond motifs is 1. The Morgan fingerprint density at radius 2 is 1.61 bits per heavy atom. The van der Waals surface area contributed by atoms with Crippen LogP contribution in [0, 0.1) is 0 Å². The van der Waals surface area contributed by atoms with Crippen molar-refractivity contribution in [2.45, 2.75) is 12.8 Å². The highest BCUT2D eigenvalue weighted by Crippen LogP contribution is 2.25. The van der Waals surface area contributed by atoms with Gasteiger partial charge in [0.25, 0.3) is 11.8 Å². The summed E-state index contributed by atoms with van der Waals surface area (Å²) < 4.78 is 1.77. The highest BCUT2D eigenvalue weighted by atomic mass is 79.9.